The van der Waals surface area contributed by atoms with Gasteiger partial charge >= 0.3 is 6.03 Å². The first-order valence-electron chi connectivity index (χ1n) is 3.40. The van der Waals surface area contributed by atoms with Crippen molar-refractivity contribution < 1.29 is 13.6 Å². The van der Waals surface area contributed by atoms with E-state index in [-0.39, 0.29) is 0 Å². The molecule has 0 aliphatic carbocycles. The van der Waals surface area contributed by atoms with Gasteiger partial charge in [0.25, 0.3) is 5.92 Å². The summed E-state index contributed by atoms with van der Waals surface area (Å²) in [5.74, 6) is -2.79. The second kappa shape index (κ2) is 2.64. The van der Waals surface area contributed by atoms with Crippen LogP contribution < -0.4 is 5.32 Å². The van der Waals surface area contributed by atoms with E-state index in [9.17, 15) is 13.6 Å². The zero-order valence-corrected chi connectivity index (χ0v) is 6.23. The molecule has 1 fully saturated rings. The lowest BCUT2D eigenvalue weighted by Gasteiger charge is -2.18. The predicted molar refractivity (Wildman–Crippen MR) is 35.6 cm³/mol. The van der Waals surface area contributed by atoms with Crippen molar-refractivity contribution in [3.05, 3.63) is 0 Å². The molecule has 0 atom stereocenters. The van der Waals surface area contributed by atoms with Crippen LogP contribution in [-0.4, -0.2) is 36.5 Å². The number of amides is 2. The minimum absolute atomic E-state index is 0.377. The second-order valence-electron chi connectivity index (χ2n) is 2.72. The highest BCUT2D eigenvalue weighted by atomic mass is 19.3. The van der Waals surface area contributed by atoms with E-state index < -0.39 is 18.5 Å². The van der Waals surface area contributed by atoms with E-state index in [1.54, 1.807) is 0 Å². The van der Waals surface area contributed by atoms with Gasteiger partial charge in [0.2, 0.25) is 0 Å². The van der Waals surface area contributed by atoms with Crippen molar-refractivity contribution >= 4 is 6.03 Å². The number of nitrogens with zero attached hydrogens (tertiary/aromatic N) is 1. The van der Waals surface area contributed by atoms with Gasteiger partial charge < -0.3 is 10.2 Å². The monoisotopic (exact) mass is 164 g/mol. The highest BCUT2D eigenvalue weighted by Gasteiger charge is 2.30. The highest BCUT2D eigenvalue weighted by molar-refractivity contribution is 5.76. The summed E-state index contributed by atoms with van der Waals surface area (Å²) in [4.78, 5) is 11.8. The summed E-state index contributed by atoms with van der Waals surface area (Å²) in [6.07, 6.45) is 0. The van der Waals surface area contributed by atoms with Gasteiger partial charge in [0.1, 0.15) is 0 Å². The van der Waals surface area contributed by atoms with Crippen LogP contribution in [0.25, 0.3) is 0 Å². The quantitative estimate of drug-likeness (QED) is 0.639. The molecule has 1 aliphatic rings. The minimum Gasteiger partial charge on any atom is -0.336 e. The first-order chi connectivity index (χ1) is 4.99. The number of nitrogens with one attached hydrogen (secondary N) is 1. The molecule has 0 spiro atoms. The number of urea groups is 1. The summed E-state index contributed by atoms with van der Waals surface area (Å²) in [5.41, 5.74) is 0. The Morgan fingerprint density at radius 2 is 2.36 bits per heavy atom. The summed E-state index contributed by atoms with van der Waals surface area (Å²) >= 11 is 0. The average molecular weight is 164 g/mol. The number of hydrogen-bond acceptors (Lipinski definition) is 1. The third-order valence-electron chi connectivity index (χ3n) is 1.41. The number of halogens is 2. The maximum absolute atomic E-state index is 12.3. The van der Waals surface area contributed by atoms with Gasteiger partial charge in [0, 0.05) is 20.0 Å². The molecule has 3 nitrogen and oxygen atoms in total. The molecule has 2 amide bonds. The molecule has 0 radical (unpaired) electrons. The predicted octanol–water partition coefficient (Wildman–Crippen LogP) is 0.667. The Morgan fingerprint density at radius 3 is 2.73 bits per heavy atom. The summed E-state index contributed by atoms with van der Waals surface area (Å²) in [6.45, 7) is 1.16. The molecule has 1 saturated heterocycles. The highest BCUT2D eigenvalue weighted by Crippen LogP contribution is 2.14. The first kappa shape index (κ1) is 8.23. The maximum Gasteiger partial charge on any atom is 0.317 e. The van der Waals surface area contributed by atoms with Gasteiger partial charge in [-0.15, -0.1) is 0 Å². The summed E-state index contributed by atoms with van der Waals surface area (Å²) in [5, 5.41) is 2.45. The van der Waals surface area contributed by atoms with E-state index in [4.69, 9.17) is 0 Å². The lowest BCUT2D eigenvalue weighted by molar-refractivity contribution is -0.000460. The number of rotatable bonds is 2. The van der Waals surface area contributed by atoms with Crippen LogP contribution in [0.2, 0.25) is 0 Å². The van der Waals surface area contributed by atoms with E-state index in [2.05, 4.69) is 5.32 Å². The van der Waals surface area contributed by atoms with Gasteiger partial charge in [-0.25, -0.2) is 13.6 Å². The van der Waals surface area contributed by atoms with Gasteiger partial charge in [-0.2, -0.15) is 0 Å². The SMILES string of the molecule is CC(F)(F)CN1CCNC1=O. The Kier molecular flexibility index (Phi) is 1.97. The topological polar surface area (TPSA) is 32.3 Å². The van der Waals surface area contributed by atoms with Crippen molar-refractivity contribution in [3.8, 4) is 0 Å². The number of hydrogen-bond donors (Lipinski definition) is 1. The number of carbonyl (C=O) groups excluding carboxylic acids is 1. The summed E-state index contributed by atoms with van der Waals surface area (Å²) in [7, 11) is 0. The molecule has 0 aromatic heterocycles. The molecule has 0 aromatic rings. The molecular formula is C6H10F2N2O. The van der Waals surface area contributed by atoms with E-state index in [0.717, 1.165) is 11.8 Å². The summed E-state index contributed by atoms with van der Waals surface area (Å²) in [6, 6.07) is -0.397. The van der Waals surface area contributed by atoms with Gasteiger partial charge in [0.05, 0.1) is 6.54 Å². The van der Waals surface area contributed by atoms with Crippen LogP contribution in [0.4, 0.5) is 13.6 Å². The maximum atomic E-state index is 12.3. The van der Waals surface area contributed by atoms with Crippen LogP contribution in [0.15, 0.2) is 0 Å². The third-order valence-corrected chi connectivity index (χ3v) is 1.41. The van der Waals surface area contributed by atoms with Crippen LogP contribution in [0.1, 0.15) is 6.92 Å². The van der Waals surface area contributed by atoms with Crippen molar-refractivity contribution in [2.24, 2.45) is 0 Å². The van der Waals surface area contributed by atoms with Gasteiger partial charge in [-0.3, -0.25) is 0 Å². The van der Waals surface area contributed by atoms with Crippen LogP contribution in [-0.2, 0) is 0 Å². The van der Waals surface area contributed by atoms with Gasteiger partial charge in [-0.1, -0.05) is 0 Å². The fraction of sp³-hybridized carbons (Fsp3) is 0.833. The lowest BCUT2D eigenvalue weighted by atomic mass is 10.3. The van der Waals surface area contributed by atoms with E-state index in [0.29, 0.717) is 13.1 Å². The molecule has 5 heteroatoms. The summed E-state index contributed by atoms with van der Waals surface area (Å²) < 4.78 is 24.7. The minimum atomic E-state index is -2.79. The normalized spacial score (nSPS) is 18.8. The fourth-order valence-electron chi connectivity index (χ4n) is 0.997. The standard InChI is InChI=1S/C6H10F2N2O/c1-6(7,8)4-10-3-2-9-5(10)11/h2-4H2,1H3,(H,9,11). The van der Waals surface area contributed by atoms with Crippen molar-refractivity contribution in [1.82, 2.24) is 10.2 Å². The third kappa shape index (κ3) is 2.32. The molecule has 0 bridgehead atoms. The van der Waals surface area contributed by atoms with Crippen LogP contribution in [0.5, 0.6) is 0 Å². The van der Waals surface area contributed by atoms with Crippen molar-refractivity contribution in [2.45, 2.75) is 12.8 Å². The Morgan fingerprint density at radius 1 is 1.73 bits per heavy atom. The second-order valence-corrected chi connectivity index (χ2v) is 2.72. The molecule has 0 aromatic carbocycles. The Bertz CT molecular complexity index is 166. The number of alkyl halides is 2. The van der Waals surface area contributed by atoms with Crippen LogP contribution in [0.3, 0.4) is 0 Å². The molecule has 0 saturated carbocycles. The first-order valence-corrected chi connectivity index (χ1v) is 3.40. The average Bonchev–Trinajstić information content (AvgIpc) is 2.12. The molecule has 11 heavy (non-hydrogen) atoms. The molecule has 1 rings (SSSR count). The molecule has 0 unspecified atom stereocenters. The van der Waals surface area contributed by atoms with Crippen molar-refractivity contribution in [2.75, 3.05) is 19.6 Å². The lowest BCUT2D eigenvalue weighted by Crippen LogP contribution is -2.37. The van der Waals surface area contributed by atoms with Gasteiger partial charge in [0.15, 0.2) is 0 Å². The van der Waals surface area contributed by atoms with E-state index in [1.807, 2.05) is 0 Å². The fourth-order valence-corrected chi connectivity index (χ4v) is 0.997. The Hall–Kier alpha value is -0.870. The number of carbonyl (C=O) groups is 1. The molecule has 1 heterocycles. The zero-order valence-electron chi connectivity index (χ0n) is 6.23. The largest absolute Gasteiger partial charge is 0.336 e. The van der Waals surface area contributed by atoms with E-state index in [1.165, 1.54) is 0 Å². The molecule has 1 N–H and O–H groups in total. The Labute approximate surface area is 63.4 Å². The smallest absolute Gasteiger partial charge is 0.317 e. The molecule has 64 valence electrons. The van der Waals surface area contributed by atoms with Crippen LogP contribution in [0, 0.1) is 0 Å². The zero-order chi connectivity index (χ0) is 8.48. The molecule has 1 aliphatic heterocycles. The molecular weight excluding hydrogens is 154 g/mol. The van der Waals surface area contributed by atoms with Gasteiger partial charge in [-0.05, 0) is 0 Å². The van der Waals surface area contributed by atoms with E-state index >= 15 is 0 Å². The van der Waals surface area contributed by atoms with Crippen molar-refractivity contribution in [1.29, 1.82) is 0 Å². The Balaban J connectivity index is 2.43. The van der Waals surface area contributed by atoms with Crippen molar-refractivity contribution in [3.63, 3.8) is 0 Å². The van der Waals surface area contributed by atoms with Crippen LogP contribution >= 0.6 is 0 Å².